The molecular weight excluding hydrogens is 393 g/mol. The maximum Gasteiger partial charge on any atom is 0.246 e. The lowest BCUT2D eigenvalue weighted by atomic mass is 10.2. The van der Waals surface area contributed by atoms with Crippen LogP contribution in [0.1, 0.15) is 5.56 Å². The number of rotatable bonds is 4. The Bertz CT molecular complexity index is 1020. The molecule has 0 aromatic heterocycles. The Morgan fingerprint density at radius 3 is 2.29 bits per heavy atom. The molecule has 2 aromatic rings. The lowest BCUT2D eigenvalue weighted by molar-refractivity contribution is -0.127. The Morgan fingerprint density at radius 1 is 0.929 bits per heavy atom. The van der Waals surface area contributed by atoms with Gasteiger partial charge in [0, 0.05) is 32.3 Å². The van der Waals surface area contributed by atoms with Crippen molar-refractivity contribution in [2.45, 2.75) is 4.90 Å². The Morgan fingerprint density at radius 2 is 1.64 bits per heavy atom. The van der Waals surface area contributed by atoms with Gasteiger partial charge in [0.25, 0.3) is 0 Å². The maximum atomic E-state index is 13.4. The van der Waals surface area contributed by atoms with Gasteiger partial charge in [-0.25, -0.2) is 21.6 Å². The molecule has 1 heterocycles. The van der Waals surface area contributed by atoms with E-state index in [-0.39, 0.29) is 37.0 Å². The summed E-state index contributed by atoms with van der Waals surface area (Å²) >= 11 is 0. The van der Waals surface area contributed by atoms with E-state index in [2.05, 4.69) is 0 Å². The molecule has 9 heteroatoms. The van der Waals surface area contributed by atoms with Gasteiger partial charge in [0.15, 0.2) is 11.6 Å². The summed E-state index contributed by atoms with van der Waals surface area (Å²) in [5.74, 6) is -3.10. The van der Waals surface area contributed by atoms with E-state index in [9.17, 15) is 26.4 Å². The molecule has 2 aromatic carbocycles. The first-order chi connectivity index (χ1) is 13.3. The molecular formula is C19H17F3N2O3S. The molecule has 0 N–H and O–H groups in total. The molecule has 1 saturated heterocycles. The Hall–Kier alpha value is -2.65. The largest absolute Gasteiger partial charge is 0.337 e. The van der Waals surface area contributed by atoms with Crippen LogP contribution in [0.5, 0.6) is 0 Å². The highest BCUT2D eigenvalue weighted by Gasteiger charge is 2.30. The van der Waals surface area contributed by atoms with E-state index in [1.165, 1.54) is 35.3 Å². The highest BCUT2D eigenvalue weighted by atomic mass is 32.2. The molecule has 0 radical (unpaired) electrons. The summed E-state index contributed by atoms with van der Waals surface area (Å²) in [6.07, 6.45) is 2.78. The number of hydrogen-bond acceptors (Lipinski definition) is 3. The fraction of sp³-hybridized carbons (Fsp3) is 0.211. The van der Waals surface area contributed by atoms with Gasteiger partial charge in [-0.2, -0.15) is 4.31 Å². The SMILES string of the molecule is O=C(C=Cc1cccc(F)c1)N1CCN(S(=O)(=O)c2ccc(F)c(F)c2)CC1. The molecule has 1 fully saturated rings. The van der Waals surface area contributed by atoms with Crippen molar-refractivity contribution < 1.29 is 26.4 Å². The van der Waals surface area contributed by atoms with Gasteiger partial charge in [-0.3, -0.25) is 4.79 Å². The van der Waals surface area contributed by atoms with Crippen LogP contribution in [0.15, 0.2) is 53.4 Å². The standard InChI is InChI=1S/C19H17F3N2O3S/c20-15-3-1-2-14(12-15)4-7-19(25)23-8-10-24(11-9-23)28(26,27)16-5-6-17(21)18(22)13-16/h1-7,12-13H,8-11H2. The Balaban J connectivity index is 1.63. The number of carbonyl (C=O) groups excluding carboxylic acids is 1. The average molecular weight is 410 g/mol. The third kappa shape index (κ3) is 4.42. The van der Waals surface area contributed by atoms with E-state index in [1.807, 2.05) is 0 Å². The molecule has 5 nitrogen and oxygen atoms in total. The topological polar surface area (TPSA) is 57.7 Å². The van der Waals surface area contributed by atoms with Crippen LogP contribution < -0.4 is 0 Å². The molecule has 28 heavy (non-hydrogen) atoms. The molecule has 0 spiro atoms. The quantitative estimate of drug-likeness (QED) is 0.729. The summed E-state index contributed by atoms with van der Waals surface area (Å²) in [5.41, 5.74) is 0.535. The second kappa shape index (κ2) is 8.15. The van der Waals surface area contributed by atoms with Gasteiger partial charge < -0.3 is 4.90 Å². The molecule has 1 aliphatic rings. The molecule has 0 unspecified atom stereocenters. The Labute approximate surface area is 160 Å². The average Bonchev–Trinajstić information content (AvgIpc) is 2.68. The first-order valence-electron chi connectivity index (χ1n) is 8.45. The zero-order valence-electron chi connectivity index (χ0n) is 14.7. The van der Waals surface area contributed by atoms with Crippen molar-refractivity contribution in [3.05, 3.63) is 71.6 Å². The zero-order valence-corrected chi connectivity index (χ0v) is 15.5. The summed E-state index contributed by atoms with van der Waals surface area (Å²) in [4.78, 5) is 13.4. The minimum atomic E-state index is -3.98. The van der Waals surface area contributed by atoms with E-state index < -0.39 is 27.5 Å². The number of benzene rings is 2. The number of hydrogen-bond donors (Lipinski definition) is 0. The predicted molar refractivity (Wildman–Crippen MR) is 97.1 cm³/mol. The van der Waals surface area contributed by atoms with Crippen LogP contribution in [-0.2, 0) is 14.8 Å². The van der Waals surface area contributed by atoms with Crippen LogP contribution >= 0.6 is 0 Å². The molecule has 1 aliphatic heterocycles. The molecule has 3 rings (SSSR count). The second-order valence-electron chi connectivity index (χ2n) is 6.19. The number of sulfonamides is 1. The number of amides is 1. The Kier molecular flexibility index (Phi) is 5.85. The predicted octanol–water partition coefficient (Wildman–Crippen LogP) is 2.65. The maximum absolute atomic E-state index is 13.4. The number of piperazine rings is 1. The molecule has 1 amide bonds. The normalized spacial score (nSPS) is 15.9. The smallest absolute Gasteiger partial charge is 0.246 e. The van der Waals surface area contributed by atoms with Gasteiger partial charge in [0.05, 0.1) is 4.90 Å². The highest BCUT2D eigenvalue weighted by molar-refractivity contribution is 7.89. The van der Waals surface area contributed by atoms with Gasteiger partial charge in [-0.15, -0.1) is 0 Å². The first-order valence-corrected chi connectivity index (χ1v) is 9.89. The van der Waals surface area contributed by atoms with Crippen LogP contribution in [-0.4, -0.2) is 49.7 Å². The molecule has 0 aliphatic carbocycles. The third-order valence-corrected chi connectivity index (χ3v) is 6.24. The molecule has 0 saturated carbocycles. The van der Waals surface area contributed by atoms with Crippen molar-refractivity contribution >= 4 is 22.0 Å². The van der Waals surface area contributed by atoms with Crippen LogP contribution in [0.2, 0.25) is 0 Å². The lowest BCUT2D eigenvalue weighted by Crippen LogP contribution is -2.50. The number of halogens is 3. The van der Waals surface area contributed by atoms with Gasteiger partial charge in [0.1, 0.15) is 5.82 Å². The summed E-state index contributed by atoms with van der Waals surface area (Å²) < 4.78 is 65.8. The summed E-state index contributed by atoms with van der Waals surface area (Å²) in [7, 11) is -3.98. The van der Waals surface area contributed by atoms with Gasteiger partial charge in [-0.05, 0) is 42.0 Å². The van der Waals surface area contributed by atoms with E-state index in [4.69, 9.17) is 0 Å². The number of nitrogens with zero attached hydrogens (tertiary/aromatic N) is 2. The minimum Gasteiger partial charge on any atom is -0.337 e. The van der Waals surface area contributed by atoms with Gasteiger partial charge >= 0.3 is 0 Å². The summed E-state index contributed by atoms with van der Waals surface area (Å²) in [6.45, 7) is 0.353. The van der Waals surface area contributed by atoms with Crippen molar-refractivity contribution in [2.75, 3.05) is 26.2 Å². The van der Waals surface area contributed by atoms with Crippen molar-refractivity contribution in [2.24, 2.45) is 0 Å². The fourth-order valence-electron chi connectivity index (χ4n) is 2.82. The lowest BCUT2D eigenvalue weighted by Gasteiger charge is -2.33. The molecule has 0 atom stereocenters. The van der Waals surface area contributed by atoms with Crippen LogP contribution in [0.4, 0.5) is 13.2 Å². The molecule has 148 valence electrons. The van der Waals surface area contributed by atoms with E-state index >= 15 is 0 Å². The van der Waals surface area contributed by atoms with Crippen molar-refractivity contribution in [1.29, 1.82) is 0 Å². The monoisotopic (exact) mass is 410 g/mol. The highest BCUT2D eigenvalue weighted by Crippen LogP contribution is 2.20. The van der Waals surface area contributed by atoms with Crippen molar-refractivity contribution in [3.63, 3.8) is 0 Å². The van der Waals surface area contributed by atoms with Gasteiger partial charge in [0.2, 0.25) is 15.9 Å². The minimum absolute atomic E-state index is 0.0286. The zero-order chi connectivity index (χ0) is 20.3. The molecule has 0 bridgehead atoms. The van der Waals surface area contributed by atoms with Crippen molar-refractivity contribution in [1.82, 2.24) is 9.21 Å². The van der Waals surface area contributed by atoms with Crippen molar-refractivity contribution in [3.8, 4) is 0 Å². The number of carbonyl (C=O) groups is 1. The van der Waals surface area contributed by atoms with E-state index in [0.29, 0.717) is 11.6 Å². The van der Waals surface area contributed by atoms with E-state index in [1.54, 1.807) is 6.07 Å². The van der Waals surface area contributed by atoms with Crippen LogP contribution in [0.3, 0.4) is 0 Å². The summed E-state index contributed by atoms with van der Waals surface area (Å²) in [5, 5.41) is 0. The summed E-state index contributed by atoms with van der Waals surface area (Å²) in [6, 6.07) is 8.18. The third-order valence-electron chi connectivity index (χ3n) is 4.35. The van der Waals surface area contributed by atoms with Gasteiger partial charge in [-0.1, -0.05) is 12.1 Å². The fourth-order valence-corrected chi connectivity index (χ4v) is 4.25. The first kappa shape index (κ1) is 20.1. The van der Waals surface area contributed by atoms with Crippen LogP contribution in [0.25, 0.3) is 6.08 Å². The van der Waals surface area contributed by atoms with E-state index in [0.717, 1.165) is 16.4 Å². The second-order valence-corrected chi connectivity index (χ2v) is 8.13. The van der Waals surface area contributed by atoms with Crippen LogP contribution in [0, 0.1) is 17.5 Å².